The van der Waals surface area contributed by atoms with E-state index in [4.69, 9.17) is 0 Å². The van der Waals surface area contributed by atoms with Crippen molar-refractivity contribution in [3.8, 4) is 0 Å². The minimum atomic E-state index is -0.445. The van der Waals surface area contributed by atoms with Gasteiger partial charge in [0.15, 0.2) is 0 Å². The number of aliphatic hydroxyl groups is 1. The highest BCUT2D eigenvalue weighted by atomic mass is 16.3. The van der Waals surface area contributed by atoms with Crippen LogP contribution in [0.5, 0.6) is 0 Å². The number of nitrogens with zero attached hydrogens (tertiary/aromatic N) is 3. The van der Waals surface area contributed by atoms with E-state index in [0.717, 1.165) is 44.7 Å². The first kappa shape index (κ1) is 11.6. The molecule has 1 saturated heterocycles. The predicted molar refractivity (Wildman–Crippen MR) is 63.2 cm³/mol. The summed E-state index contributed by atoms with van der Waals surface area (Å²) in [5, 5.41) is 9.85. The van der Waals surface area contributed by atoms with Crippen LogP contribution in [0.4, 0.5) is 0 Å². The average Bonchev–Trinajstić information content (AvgIpc) is 2.63. The molecule has 90 valence electrons. The number of rotatable bonds is 3. The Balaban J connectivity index is 1.78. The van der Waals surface area contributed by atoms with Gasteiger partial charge in [0.1, 0.15) is 5.82 Å². The molecule has 0 radical (unpaired) electrons. The zero-order valence-corrected chi connectivity index (χ0v) is 10.2. The van der Waals surface area contributed by atoms with E-state index in [2.05, 4.69) is 14.5 Å². The van der Waals surface area contributed by atoms with Gasteiger partial charge in [-0.15, -0.1) is 0 Å². The molecule has 0 aliphatic carbocycles. The van der Waals surface area contributed by atoms with E-state index in [1.54, 1.807) is 0 Å². The Morgan fingerprint density at radius 3 is 2.69 bits per heavy atom. The zero-order valence-electron chi connectivity index (χ0n) is 10.2. The second-order valence-electron chi connectivity index (χ2n) is 5.04. The SMILES string of the molecule is Cn1ccnc1CCN1CCC(C)(O)CC1. The van der Waals surface area contributed by atoms with Crippen molar-refractivity contribution in [3.05, 3.63) is 18.2 Å². The van der Waals surface area contributed by atoms with Crippen LogP contribution in [0.2, 0.25) is 0 Å². The Labute approximate surface area is 96.9 Å². The summed E-state index contributed by atoms with van der Waals surface area (Å²) in [5.74, 6) is 1.14. The monoisotopic (exact) mass is 223 g/mol. The van der Waals surface area contributed by atoms with E-state index in [9.17, 15) is 5.11 Å². The summed E-state index contributed by atoms with van der Waals surface area (Å²) < 4.78 is 2.07. The number of aromatic nitrogens is 2. The Morgan fingerprint density at radius 2 is 2.12 bits per heavy atom. The molecule has 0 aromatic carbocycles. The van der Waals surface area contributed by atoms with Crippen LogP contribution in [0, 0.1) is 0 Å². The van der Waals surface area contributed by atoms with Crippen molar-refractivity contribution >= 4 is 0 Å². The molecule has 1 N–H and O–H groups in total. The molecule has 1 aliphatic rings. The third-order valence-corrected chi connectivity index (χ3v) is 3.51. The second-order valence-corrected chi connectivity index (χ2v) is 5.04. The normalized spacial score (nSPS) is 21.2. The van der Waals surface area contributed by atoms with E-state index in [-0.39, 0.29) is 0 Å². The van der Waals surface area contributed by atoms with E-state index >= 15 is 0 Å². The smallest absolute Gasteiger partial charge is 0.109 e. The molecule has 1 fully saturated rings. The van der Waals surface area contributed by atoms with Gasteiger partial charge < -0.3 is 14.6 Å². The van der Waals surface area contributed by atoms with E-state index in [0.29, 0.717) is 0 Å². The molecule has 4 heteroatoms. The summed E-state index contributed by atoms with van der Waals surface area (Å²) in [6.07, 6.45) is 6.58. The minimum Gasteiger partial charge on any atom is -0.390 e. The van der Waals surface area contributed by atoms with Crippen molar-refractivity contribution in [3.63, 3.8) is 0 Å². The molecule has 0 amide bonds. The predicted octanol–water partition coefficient (Wildman–Crippen LogP) is 0.809. The number of likely N-dealkylation sites (tertiary alicyclic amines) is 1. The van der Waals surface area contributed by atoms with Gasteiger partial charge in [0.25, 0.3) is 0 Å². The van der Waals surface area contributed by atoms with Gasteiger partial charge >= 0.3 is 0 Å². The first-order valence-corrected chi connectivity index (χ1v) is 5.98. The topological polar surface area (TPSA) is 41.3 Å². The van der Waals surface area contributed by atoms with E-state index in [1.165, 1.54) is 0 Å². The fourth-order valence-electron chi connectivity index (χ4n) is 2.15. The maximum atomic E-state index is 9.85. The van der Waals surface area contributed by atoms with Crippen molar-refractivity contribution < 1.29 is 5.11 Å². The fourth-order valence-corrected chi connectivity index (χ4v) is 2.15. The largest absolute Gasteiger partial charge is 0.390 e. The third kappa shape index (κ3) is 2.83. The molecule has 4 nitrogen and oxygen atoms in total. The number of aryl methyl sites for hydroxylation is 1. The van der Waals surface area contributed by atoms with Gasteiger partial charge in [0.2, 0.25) is 0 Å². The van der Waals surface area contributed by atoms with E-state index in [1.807, 2.05) is 26.4 Å². The fraction of sp³-hybridized carbons (Fsp3) is 0.750. The highest BCUT2D eigenvalue weighted by molar-refractivity contribution is 4.92. The molecule has 0 saturated carbocycles. The molecule has 0 unspecified atom stereocenters. The van der Waals surface area contributed by atoms with Crippen LogP contribution < -0.4 is 0 Å². The molecule has 16 heavy (non-hydrogen) atoms. The molecule has 1 aromatic heterocycles. The van der Waals surface area contributed by atoms with Gasteiger partial charge in [-0.2, -0.15) is 0 Å². The Morgan fingerprint density at radius 1 is 1.44 bits per heavy atom. The molecule has 0 atom stereocenters. The zero-order chi connectivity index (χ0) is 11.6. The molecule has 0 spiro atoms. The lowest BCUT2D eigenvalue weighted by atomic mass is 9.94. The standard InChI is InChI=1S/C12H21N3O/c1-12(16)4-8-15(9-5-12)7-3-11-13-6-10-14(11)2/h6,10,16H,3-5,7-9H2,1-2H3. The van der Waals surface area contributed by atoms with Gasteiger partial charge in [0, 0.05) is 45.5 Å². The van der Waals surface area contributed by atoms with Gasteiger partial charge in [0.05, 0.1) is 5.60 Å². The molecule has 1 aliphatic heterocycles. The van der Waals surface area contributed by atoms with Crippen LogP contribution in [0.1, 0.15) is 25.6 Å². The van der Waals surface area contributed by atoms with Gasteiger partial charge in [-0.25, -0.2) is 4.98 Å². The van der Waals surface area contributed by atoms with Crippen molar-refractivity contribution in [2.75, 3.05) is 19.6 Å². The lowest BCUT2D eigenvalue weighted by Crippen LogP contribution is -2.43. The number of imidazole rings is 1. The van der Waals surface area contributed by atoms with Crippen molar-refractivity contribution in [2.45, 2.75) is 31.8 Å². The molecular formula is C12H21N3O. The van der Waals surface area contributed by atoms with Crippen LogP contribution in [0.3, 0.4) is 0 Å². The first-order chi connectivity index (χ1) is 7.57. The molecule has 2 heterocycles. The van der Waals surface area contributed by atoms with E-state index < -0.39 is 5.60 Å². The van der Waals surface area contributed by atoms with Gasteiger partial charge in [-0.1, -0.05) is 0 Å². The van der Waals surface area contributed by atoms with Crippen LogP contribution in [-0.4, -0.2) is 44.8 Å². The third-order valence-electron chi connectivity index (χ3n) is 3.51. The average molecular weight is 223 g/mol. The summed E-state index contributed by atoms with van der Waals surface area (Å²) in [5.41, 5.74) is -0.445. The number of piperidine rings is 1. The highest BCUT2D eigenvalue weighted by Crippen LogP contribution is 2.20. The summed E-state index contributed by atoms with van der Waals surface area (Å²) >= 11 is 0. The maximum Gasteiger partial charge on any atom is 0.109 e. The molecule has 2 rings (SSSR count). The number of hydrogen-bond donors (Lipinski definition) is 1. The van der Waals surface area contributed by atoms with Crippen molar-refractivity contribution in [1.29, 1.82) is 0 Å². The summed E-state index contributed by atoms with van der Waals surface area (Å²) in [4.78, 5) is 6.73. The summed E-state index contributed by atoms with van der Waals surface area (Å²) in [6, 6.07) is 0. The Bertz CT molecular complexity index is 336. The Hall–Kier alpha value is -0.870. The van der Waals surface area contributed by atoms with Crippen LogP contribution >= 0.6 is 0 Å². The first-order valence-electron chi connectivity index (χ1n) is 5.98. The Kier molecular flexibility index (Phi) is 3.30. The summed E-state index contributed by atoms with van der Waals surface area (Å²) in [6.45, 7) is 4.97. The van der Waals surface area contributed by atoms with Gasteiger partial charge in [-0.05, 0) is 19.8 Å². The van der Waals surface area contributed by atoms with Crippen LogP contribution in [-0.2, 0) is 13.5 Å². The van der Waals surface area contributed by atoms with Gasteiger partial charge in [-0.3, -0.25) is 0 Å². The quantitative estimate of drug-likeness (QED) is 0.824. The molecule has 0 bridgehead atoms. The second kappa shape index (κ2) is 4.55. The maximum absolute atomic E-state index is 9.85. The lowest BCUT2D eigenvalue weighted by molar-refractivity contribution is -0.00504. The van der Waals surface area contributed by atoms with Crippen LogP contribution in [0.25, 0.3) is 0 Å². The highest BCUT2D eigenvalue weighted by Gasteiger charge is 2.26. The number of hydrogen-bond acceptors (Lipinski definition) is 3. The van der Waals surface area contributed by atoms with Crippen molar-refractivity contribution in [2.24, 2.45) is 7.05 Å². The molecular weight excluding hydrogens is 202 g/mol. The van der Waals surface area contributed by atoms with Crippen molar-refractivity contribution in [1.82, 2.24) is 14.5 Å². The lowest BCUT2D eigenvalue weighted by Gasteiger charge is -2.35. The minimum absolute atomic E-state index is 0.445. The van der Waals surface area contributed by atoms with Crippen LogP contribution in [0.15, 0.2) is 12.4 Å². The molecule has 1 aromatic rings. The summed E-state index contributed by atoms with van der Waals surface area (Å²) in [7, 11) is 2.03.